The maximum absolute atomic E-state index is 12.6. The molecule has 0 bridgehead atoms. The number of hydrogen-bond donors (Lipinski definition) is 1. The van der Waals surface area contributed by atoms with Gasteiger partial charge in [0.15, 0.2) is 5.69 Å². The van der Waals surface area contributed by atoms with E-state index in [2.05, 4.69) is 20.3 Å². The van der Waals surface area contributed by atoms with Gasteiger partial charge in [-0.1, -0.05) is 24.3 Å². The highest BCUT2D eigenvalue weighted by Gasteiger charge is 2.13. The van der Waals surface area contributed by atoms with E-state index in [9.17, 15) is 4.79 Å². The fourth-order valence-electron chi connectivity index (χ4n) is 3.10. The molecule has 32 heavy (non-hydrogen) atoms. The van der Waals surface area contributed by atoms with Gasteiger partial charge < -0.3 is 10.5 Å². The molecule has 0 spiro atoms. The molecule has 0 unspecified atom stereocenters. The van der Waals surface area contributed by atoms with Crippen molar-refractivity contribution in [1.82, 2.24) is 20.0 Å². The monoisotopic (exact) mass is 424 g/mol. The molecule has 0 aliphatic rings. The molecule has 158 valence electrons. The summed E-state index contributed by atoms with van der Waals surface area (Å²) in [5.41, 5.74) is 8.75. The molecule has 0 aliphatic heterocycles. The Morgan fingerprint density at radius 3 is 2.66 bits per heavy atom. The Hall–Kier alpha value is -4.59. The van der Waals surface area contributed by atoms with Crippen LogP contribution in [0.15, 0.2) is 101 Å². The molecule has 0 atom stereocenters. The molecule has 4 rings (SSSR count). The molecule has 2 aromatic carbocycles. The van der Waals surface area contributed by atoms with Crippen LogP contribution in [-0.4, -0.2) is 32.8 Å². The smallest absolute Gasteiger partial charge is 0.209 e. The zero-order valence-electron chi connectivity index (χ0n) is 17.3. The SMILES string of the molecule is COc1cc(-c2cccnn2)ccc1-n1ccc(=O)c(C(C=CN)=Nc2ccccc2)n1. The largest absolute Gasteiger partial charge is 0.494 e. The Kier molecular flexibility index (Phi) is 6.12. The summed E-state index contributed by atoms with van der Waals surface area (Å²) in [7, 11) is 1.57. The summed E-state index contributed by atoms with van der Waals surface area (Å²) < 4.78 is 7.15. The minimum atomic E-state index is -0.274. The van der Waals surface area contributed by atoms with Crippen molar-refractivity contribution in [2.24, 2.45) is 10.7 Å². The number of ether oxygens (including phenoxy) is 1. The summed E-state index contributed by atoms with van der Waals surface area (Å²) in [5.74, 6) is 0.561. The number of nitrogens with zero attached hydrogens (tertiary/aromatic N) is 5. The summed E-state index contributed by atoms with van der Waals surface area (Å²) in [6.07, 6.45) is 6.08. The Morgan fingerprint density at radius 2 is 1.94 bits per heavy atom. The number of methoxy groups -OCH3 is 1. The van der Waals surface area contributed by atoms with Gasteiger partial charge in [0.1, 0.15) is 11.4 Å². The van der Waals surface area contributed by atoms with Crippen LogP contribution >= 0.6 is 0 Å². The van der Waals surface area contributed by atoms with E-state index < -0.39 is 0 Å². The van der Waals surface area contributed by atoms with Crippen molar-refractivity contribution in [2.75, 3.05) is 7.11 Å². The third-order valence-corrected chi connectivity index (χ3v) is 4.61. The fourth-order valence-corrected chi connectivity index (χ4v) is 3.10. The van der Waals surface area contributed by atoms with Crippen molar-refractivity contribution < 1.29 is 4.74 Å². The van der Waals surface area contributed by atoms with Crippen LogP contribution in [0.3, 0.4) is 0 Å². The van der Waals surface area contributed by atoms with Crippen LogP contribution in [0.2, 0.25) is 0 Å². The van der Waals surface area contributed by atoms with Crippen LogP contribution in [0.25, 0.3) is 16.9 Å². The highest BCUT2D eigenvalue weighted by atomic mass is 16.5. The number of allylic oxidation sites excluding steroid dienone is 1. The van der Waals surface area contributed by atoms with Crippen molar-refractivity contribution in [2.45, 2.75) is 0 Å². The van der Waals surface area contributed by atoms with Gasteiger partial charge in [0.05, 0.1) is 24.2 Å². The van der Waals surface area contributed by atoms with E-state index in [4.69, 9.17) is 10.5 Å². The van der Waals surface area contributed by atoms with Crippen molar-refractivity contribution in [3.05, 3.63) is 107 Å². The van der Waals surface area contributed by atoms with Crippen LogP contribution in [0.5, 0.6) is 5.75 Å². The van der Waals surface area contributed by atoms with Crippen molar-refractivity contribution in [1.29, 1.82) is 0 Å². The molecule has 0 saturated heterocycles. The molecule has 0 radical (unpaired) electrons. The highest BCUT2D eigenvalue weighted by molar-refractivity contribution is 6.08. The summed E-state index contributed by atoms with van der Waals surface area (Å²) >= 11 is 0. The highest BCUT2D eigenvalue weighted by Crippen LogP contribution is 2.28. The summed E-state index contributed by atoms with van der Waals surface area (Å²) in [6, 6.07) is 20.0. The number of hydrogen-bond acceptors (Lipinski definition) is 7. The van der Waals surface area contributed by atoms with Crippen molar-refractivity contribution >= 4 is 11.4 Å². The first kappa shape index (κ1) is 20.7. The van der Waals surface area contributed by atoms with Gasteiger partial charge in [-0.2, -0.15) is 15.3 Å². The van der Waals surface area contributed by atoms with E-state index in [1.165, 1.54) is 12.3 Å². The lowest BCUT2D eigenvalue weighted by atomic mass is 10.1. The standard InChI is InChI=1S/C24H20N6O2/c1-32-23-16-17(19-8-5-14-26-28-19)9-10-21(23)30-15-12-22(31)24(29-30)20(11-13-25)27-18-6-3-2-4-7-18/h2-16H,25H2,1H3. The predicted molar refractivity (Wildman–Crippen MR) is 123 cm³/mol. The minimum Gasteiger partial charge on any atom is -0.494 e. The van der Waals surface area contributed by atoms with E-state index in [-0.39, 0.29) is 11.1 Å². The number of nitrogens with two attached hydrogens (primary N) is 1. The molecule has 0 saturated carbocycles. The molecule has 2 N–H and O–H groups in total. The van der Waals surface area contributed by atoms with Gasteiger partial charge in [-0.3, -0.25) is 4.79 Å². The normalized spacial score (nSPS) is 11.6. The van der Waals surface area contributed by atoms with E-state index in [1.54, 1.807) is 30.3 Å². The average Bonchev–Trinajstić information content (AvgIpc) is 2.85. The Balaban J connectivity index is 1.80. The van der Waals surface area contributed by atoms with Gasteiger partial charge in [0.2, 0.25) is 5.43 Å². The minimum absolute atomic E-state index is 0.165. The Morgan fingerprint density at radius 1 is 1.09 bits per heavy atom. The van der Waals surface area contributed by atoms with Gasteiger partial charge >= 0.3 is 0 Å². The van der Waals surface area contributed by atoms with Crippen molar-refractivity contribution in [3.8, 4) is 22.7 Å². The first-order chi connectivity index (χ1) is 15.7. The third-order valence-electron chi connectivity index (χ3n) is 4.61. The lowest BCUT2D eigenvalue weighted by Crippen LogP contribution is -2.20. The topological polar surface area (TPSA) is 108 Å². The van der Waals surface area contributed by atoms with Gasteiger partial charge in [0.25, 0.3) is 0 Å². The number of aromatic nitrogens is 4. The number of rotatable bonds is 6. The van der Waals surface area contributed by atoms with Crippen LogP contribution in [0, 0.1) is 0 Å². The summed E-state index contributed by atoms with van der Waals surface area (Å²) in [4.78, 5) is 17.2. The lowest BCUT2D eigenvalue weighted by molar-refractivity contribution is 0.411. The number of benzene rings is 2. The molecule has 8 nitrogen and oxygen atoms in total. The van der Waals surface area contributed by atoms with Crippen LogP contribution in [0.1, 0.15) is 5.69 Å². The second kappa shape index (κ2) is 9.48. The number of para-hydroxylation sites is 1. The van der Waals surface area contributed by atoms with E-state index >= 15 is 0 Å². The van der Waals surface area contributed by atoms with Gasteiger partial charge in [-0.15, -0.1) is 0 Å². The molecule has 4 aromatic rings. The zero-order valence-corrected chi connectivity index (χ0v) is 17.3. The van der Waals surface area contributed by atoms with E-state index in [0.29, 0.717) is 22.8 Å². The second-order valence-corrected chi connectivity index (χ2v) is 6.66. The molecule has 0 aliphatic carbocycles. The molecular formula is C24H20N6O2. The summed E-state index contributed by atoms with van der Waals surface area (Å²) in [5, 5.41) is 12.6. The molecule has 2 heterocycles. The summed E-state index contributed by atoms with van der Waals surface area (Å²) in [6.45, 7) is 0. The first-order valence-corrected chi connectivity index (χ1v) is 9.78. The van der Waals surface area contributed by atoms with Gasteiger partial charge in [-0.25, -0.2) is 9.67 Å². The molecule has 0 fully saturated rings. The predicted octanol–water partition coefficient (Wildman–Crippen LogP) is 3.29. The Labute approximate surface area is 184 Å². The van der Waals surface area contributed by atoms with Crippen molar-refractivity contribution in [3.63, 3.8) is 0 Å². The molecule has 0 amide bonds. The maximum Gasteiger partial charge on any atom is 0.209 e. The average molecular weight is 424 g/mol. The lowest BCUT2D eigenvalue weighted by Gasteiger charge is -2.13. The molecule has 8 heteroatoms. The van der Waals surface area contributed by atoms with Gasteiger partial charge in [-0.05, 0) is 48.7 Å². The van der Waals surface area contributed by atoms with Gasteiger partial charge in [0, 0.05) is 24.0 Å². The van der Waals surface area contributed by atoms with Crippen LogP contribution in [0.4, 0.5) is 5.69 Å². The third kappa shape index (κ3) is 4.44. The van der Waals surface area contributed by atoms with E-state index in [0.717, 1.165) is 11.3 Å². The molecule has 2 aromatic heterocycles. The van der Waals surface area contributed by atoms with E-state index in [1.807, 2.05) is 60.7 Å². The fraction of sp³-hybridized carbons (Fsp3) is 0.0417. The Bertz CT molecular complexity index is 1330. The maximum atomic E-state index is 12.6. The van der Waals surface area contributed by atoms with Crippen LogP contribution < -0.4 is 15.9 Å². The molecular weight excluding hydrogens is 404 g/mol. The quantitative estimate of drug-likeness (QED) is 0.476. The number of aliphatic imine (C=N–C) groups is 1. The van der Waals surface area contributed by atoms with Crippen LogP contribution in [-0.2, 0) is 0 Å². The second-order valence-electron chi connectivity index (χ2n) is 6.66. The first-order valence-electron chi connectivity index (χ1n) is 9.78. The zero-order chi connectivity index (χ0) is 22.3.